The molecule has 1 aromatic rings. The fourth-order valence-corrected chi connectivity index (χ4v) is 2.06. The molecule has 0 fully saturated rings. The first-order valence-electron chi connectivity index (χ1n) is 7.75. The second kappa shape index (κ2) is 9.52. The monoisotopic (exact) mass is 332 g/mol. The molecule has 0 heterocycles. The zero-order valence-electron chi connectivity index (χ0n) is 13.2. The Morgan fingerprint density at radius 1 is 1.17 bits per heavy atom. The van der Waals surface area contributed by atoms with Gasteiger partial charge in [-0.25, -0.2) is 5.84 Å². The van der Waals surface area contributed by atoms with E-state index < -0.39 is 17.6 Å². The Kier molecular flexibility index (Phi) is 8.05. The minimum absolute atomic E-state index is 0.162. The highest BCUT2D eigenvalue weighted by molar-refractivity contribution is 5.93. The van der Waals surface area contributed by atoms with Crippen molar-refractivity contribution in [1.29, 1.82) is 0 Å². The van der Waals surface area contributed by atoms with Crippen LogP contribution in [0.4, 0.5) is 13.2 Å². The Morgan fingerprint density at radius 2 is 1.83 bits per heavy atom. The first kappa shape index (κ1) is 19.4. The van der Waals surface area contributed by atoms with E-state index in [4.69, 9.17) is 10.7 Å². The third-order valence-electron chi connectivity index (χ3n) is 3.37. The number of carbonyl (C=O) groups excluding carboxylic acids is 1. The van der Waals surface area contributed by atoms with Gasteiger partial charge in [0.1, 0.15) is 0 Å². The minimum Gasteiger partial charge on any atom is -0.265 e. The molecule has 1 rings (SSSR count). The largest absolute Gasteiger partial charge is 0.416 e. The molecule has 1 amide bonds. The van der Waals surface area contributed by atoms with Crippen molar-refractivity contribution in [1.82, 2.24) is 5.17 Å². The molecular weight excluding hydrogens is 309 g/mol. The average molecular weight is 332 g/mol. The summed E-state index contributed by atoms with van der Waals surface area (Å²) < 4.78 is 37.9. The quantitative estimate of drug-likeness (QED) is 0.317. The van der Waals surface area contributed by atoms with Gasteiger partial charge in [0.2, 0.25) is 0 Å². The van der Waals surface area contributed by atoms with Crippen LogP contribution in [0.15, 0.2) is 24.3 Å². The van der Waals surface area contributed by atoms with Crippen molar-refractivity contribution in [3.63, 3.8) is 0 Å². The zero-order chi connectivity index (χ0) is 17.3. The highest BCUT2D eigenvalue weighted by atomic mass is 19.4. The number of amides is 1. The fraction of sp³-hybridized carbons (Fsp3) is 0.562. The molecule has 2 N–H and O–H groups in total. The summed E-state index contributed by atoms with van der Waals surface area (Å²) in [6, 6.07) is 4.09. The van der Waals surface area contributed by atoms with E-state index in [1.165, 1.54) is 18.9 Å². The lowest BCUT2D eigenvalue weighted by molar-refractivity contribution is -0.137. The summed E-state index contributed by atoms with van der Waals surface area (Å²) in [5, 5.41) is 0.502. The van der Waals surface area contributed by atoms with Crippen LogP contribution in [0.5, 0.6) is 0 Å². The van der Waals surface area contributed by atoms with Gasteiger partial charge in [-0.3, -0.25) is 9.63 Å². The van der Waals surface area contributed by atoms with Gasteiger partial charge in [-0.05, 0) is 24.6 Å². The Morgan fingerprint density at radius 3 is 2.48 bits per heavy atom. The molecule has 0 aliphatic carbocycles. The molecule has 0 saturated heterocycles. The van der Waals surface area contributed by atoms with Crippen LogP contribution < -0.4 is 5.84 Å². The molecule has 1 aromatic carbocycles. The van der Waals surface area contributed by atoms with Crippen LogP contribution in [0.2, 0.25) is 0 Å². The average Bonchev–Trinajstić information content (AvgIpc) is 2.52. The van der Waals surface area contributed by atoms with Gasteiger partial charge in [0, 0.05) is 5.56 Å². The molecule has 0 aliphatic heterocycles. The minimum atomic E-state index is -4.50. The third kappa shape index (κ3) is 7.00. The number of rotatable bonds is 9. The fourth-order valence-electron chi connectivity index (χ4n) is 2.06. The van der Waals surface area contributed by atoms with Gasteiger partial charge in [0.25, 0.3) is 5.91 Å². The number of hydrogen-bond donors (Lipinski definition) is 1. The van der Waals surface area contributed by atoms with Crippen LogP contribution in [0.3, 0.4) is 0 Å². The summed E-state index contributed by atoms with van der Waals surface area (Å²) in [6.07, 6.45) is 1.81. The summed E-state index contributed by atoms with van der Waals surface area (Å²) in [5.41, 5.74) is -1.06. The Bertz CT molecular complexity index is 492. The van der Waals surface area contributed by atoms with Crippen LogP contribution in [0.25, 0.3) is 0 Å². The maximum atomic E-state index is 12.6. The van der Waals surface area contributed by atoms with Crippen molar-refractivity contribution in [3.8, 4) is 0 Å². The standard InChI is InChI=1S/C16H23F3N2O2/c1-2-3-4-5-6-7-11-23-21(20)15(22)13-9-8-10-14(12-13)16(17,18)19/h8-10,12H,2-7,11,20H2,1H3. The maximum Gasteiger partial charge on any atom is 0.416 e. The van der Waals surface area contributed by atoms with Crippen molar-refractivity contribution in [2.75, 3.05) is 6.61 Å². The van der Waals surface area contributed by atoms with Gasteiger partial charge in [0.05, 0.1) is 12.2 Å². The predicted octanol–water partition coefficient (Wildman–Crippen LogP) is 4.31. The highest BCUT2D eigenvalue weighted by Crippen LogP contribution is 2.29. The van der Waals surface area contributed by atoms with E-state index in [0.717, 1.165) is 43.9 Å². The SMILES string of the molecule is CCCCCCCCON(N)C(=O)c1cccc(C(F)(F)F)c1. The van der Waals surface area contributed by atoms with E-state index in [-0.39, 0.29) is 12.2 Å². The summed E-state index contributed by atoms with van der Waals surface area (Å²) in [5.74, 6) is 4.65. The molecule has 0 aromatic heterocycles. The van der Waals surface area contributed by atoms with Gasteiger partial charge in [0.15, 0.2) is 0 Å². The molecule has 0 aliphatic rings. The third-order valence-corrected chi connectivity index (χ3v) is 3.37. The molecule has 23 heavy (non-hydrogen) atoms. The van der Waals surface area contributed by atoms with Crippen molar-refractivity contribution >= 4 is 5.91 Å². The molecule has 0 atom stereocenters. The van der Waals surface area contributed by atoms with E-state index >= 15 is 0 Å². The number of hydroxylamine groups is 1. The summed E-state index contributed by atoms with van der Waals surface area (Å²) in [6.45, 7) is 2.39. The van der Waals surface area contributed by atoms with Gasteiger partial charge in [-0.15, -0.1) is 5.17 Å². The summed E-state index contributed by atoms with van der Waals surface area (Å²) in [4.78, 5) is 17.0. The number of benzene rings is 1. The molecule has 130 valence electrons. The van der Waals surface area contributed by atoms with E-state index in [1.807, 2.05) is 0 Å². The number of nitrogens with two attached hydrogens (primary N) is 1. The number of carbonyl (C=O) groups is 1. The molecule has 0 radical (unpaired) electrons. The first-order valence-corrected chi connectivity index (χ1v) is 7.75. The number of halogens is 3. The van der Waals surface area contributed by atoms with E-state index in [1.54, 1.807) is 0 Å². The Balaban J connectivity index is 2.42. The highest BCUT2D eigenvalue weighted by Gasteiger charge is 2.31. The molecule has 0 saturated carbocycles. The lowest BCUT2D eigenvalue weighted by Gasteiger charge is -2.16. The van der Waals surface area contributed by atoms with Crippen molar-refractivity contribution in [3.05, 3.63) is 35.4 Å². The van der Waals surface area contributed by atoms with Crippen molar-refractivity contribution in [2.45, 2.75) is 51.6 Å². The number of hydrazine groups is 1. The van der Waals surface area contributed by atoms with Crippen molar-refractivity contribution < 1.29 is 22.8 Å². The number of nitrogens with zero attached hydrogens (tertiary/aromatic N) is 1. The number of unbranched alkanes of at least 4 members (excludes halogenated alkanes) is 5. The lowest BCUT2D eigenvalue weighted by Crippen LogP contribution is -2.37. The first-order chi connectivity index (χ1) is 10.9. The van der Waals surface area contributed by atoms with Crippen LogP contribution >= 0.6 is 0 Å². The van der Waals surface area contributed by atoms with Crippen LogP contribution in [-0.2, 0) is 11.0 Å². The second-order valence-electron chi connectivity index (χ2n) is 5.31. The zero-order valence-corrected chi connectivity index (χ0v) is 13.2. The molecule has 4 nitrogen and oxygen atoms in total. The van der Waals surface area contributed by atoms with Gasteiger partial charge >= 0.3 is 6.18 Å². The van der Waals surface area contributed by atoms with Crippen molar-refractivity contribution in [2.24, 2.45) is 5.84 Å². The molecule has 0 bridgehead atoms. The number of alkyl halides is 3. The van der Waals surface area contributed by atoms with Gasteiger partial charge in [-0.2, -0.15) is 13.2 Å². The molecule has 0 unspecified atom stereocenters. The summed E-state index contributed by atoms with van der Waals surface area (Å²) in [7, 11) is 0. The normalized spacial score (nSPS) is 11.5. The molecular formula is C16H23F3N2O2. The Labute approximate surface area is 134 Å². The number of hydrogen-bond acceptors (Lipinski definition) is 3. The predicted molar refractivity (Wildman–Crippen MR) is 81.1 cm³/mol. The van der Waals surface area contributed by atoms with Crippen LogP contribution in [-0.4, -0.2) is 17.7 Å². The van der Waals surface area contributed by atoms with E-state index in [2.05, 4.69) is 6.92 Å². The Hall–Kier alpha value is -1.60. The van der Waals surface area contributed by atoms with Gasteiger partial charge in [-0.1, -0.05) is 45.1 Å². The van der Waals surface area contributed by atoms with Gasteiger partial charge < -0.3 is 0 Å². The van der Waals surface area contributed by atoms with Crippen LogP contribution in [0.1, 0.15) is 61.4 Å². The van der Waals surface area contributed by atoms with E-state index in [9.17, 15) is 18.0 Å². The molecule has 7 heteroatoms. The van der Waals surface area contributed by atoms with E-state index in [0.29, 0.717) is 5.17 Å². The summed E-state index contributed by atoms with van der Waals surface area (Å²) >= 11 is 0. The topological polar surface area (TPSA) is 55.6 Å². The maximum absolute atomic E-state index is 12.6. The van der Waals surface area contributed by atoms with Crippen LogP contribution in [0, 0.1) is 0 Å². The smallest absolute Gasteiger partial charge is 0.265 e. The lowest BCUT2D eigenvalue weighted by atomic mass is 10.1. The second-order valence-corrected chi connectivity index (χ2v) is 5.31. The molecule has 0 spiro atoms.